The summed E-state index contributed by atoms with van der Waals surface area (Å²) in [5, 5.41) is 0. The lowest BCUT2D eigenvalue weighted by Gasteiger charge is -2.34. The fourth-order valence-electron chi connectivity index (χ4n) is 1.82. The Hall–Kier alpha value is -0.890. The molecule has 2 N–H and O–H groups in total. The van der Waals surface area contributed by atoms with Gasteiger partial charge in [0.1, 0.15) is 0 Å². The van der Waals surface area contributed by atoms with Gasteiger partial charge >= 0.3 is 0 Å². The van der Waals surface area contributed by atoms with E-state index in [4.69, 9.17) is 5.73 Å². The van der Waals surface area contributed by atoms with Gasteiger partial charge in [-0.25, -0.2) is 0 Å². The molecule has 0 saturated heterocycles. The van der Waals surface area contributed by atoms with Gasteiger partial charge in [0.15, 0.2) is 0 Å². The summed E-state index contributed by atoms with van der Waals surface area (Å²) < 4.78 is 0. The molecule has 1 heterocycles. The van der Waals surface area contributed by atoms with E-state index in [1.54, 1.807) is 0 Å². The fraction of sp³-hybridized carbons (Fsp3) is 0.500. The summed E-state index contributed by atoms with van der Waals surface area (Å²) in [6.45, 7) is 0.844. The molecule has 0 amide bonds. The fourth-order valence-corrected chi connectivity index (χ4v) is 1.82. The summed E-state index contributed by atoms with van der Waals surface area (Å²) in [5.74, 6) is 1.49. The normalized spacial score (nSPS) is 28.1. The molecule has 2 rings (SSSR count). The van der Waals surface area contributed by atoms with Gasteiger partial charge < -0.3 is 5.73 Å². The lowest BCUT2D eigenvalue weighted by atomic mass is 9.72. The van der Waals surface area contributed by atoms with Gasteiger partial charge in [-0.3, -0.25) is 4.98 Å². The minimum Gasteiger partial charge on any atom is -0.330 e. The molecule has 0 aliphatic heterocycles. The van der Waals surface area contributed by atoms with Crippen LogP contribution in [0.15, 0.2) is 24.5 Å². The lowest BCUT2D eigenvalue weighted by Crippen LogP contribution is -2.28. The van der Waals surface area contributed by atoms with Crippen LogP contribution in [0.1, 0.15) is 24.3 Å². The predicted octanol–water partition coefficient (Wildman–Crippen LogP) is 1.53. The van der Waals surface area contributed by atoms with Crippen LogP contribution < -0.4 is 5.73 Å². The van der Waals surface area contributed by atoms with Crippen LogP contribution in [0.25, 0.3) is 0 Å². The van der Waals surface area contributed by atoms with E-state index in [1.165, 1.54) is 18.4 Å². The Bertz CT molecular complexity index is 239. The number of nitrogens with two attached hydrogens (primary N) is 1. The van der Waals surface area contributed by atoms with E-state index in [-0.39, 0.29) is 0 Å². The zero-order chi connectivity index (χ0) is 8.39. The van der Waals surface area contributed by atoms with E-state index in [9.17, 15) is 0 Å². The summed E-state index contributed by atoms with van der Waals surface area (Å²) in [4.78, 5) is 4.11. The number of aromatic nitrogens is 1. The molecule has 1 aromatic heterocycles. The number of pyridine rings is 1. The second kappa shape index (κ2) is 3.23. The third kappa shape index (κ3) is 1.34. The molecule has 0 unspecified atom stereocenters. The average Bonchev–Trinajstić information content (AvgIpc) is 2.04. The monoisotopic (exact) mass is 162 g/mol. The van der Waals surface area contributed by atoms with Crippen molar-refractivity contribution in [2.45, 2.75) is 18.8 Å². The van der Waals surface area contributed by atoms with Crippen molar-refractivity contribution in [3.8, 4) is 0 Å². The maximum atomic E-state index is 5.56. The van der Waals surface area contributed by atoms with Crippen LogP contribution in [-0.2, 0) is 0 Å². The molecule has 1 fully saturated rings. The van der Waals surface area contributed by atoms with Gasteiger partial charge in [-0.1, -0.05) is 6.07 Å². The van der Waals surface area contributed by atoms with E-state index in [2.05, 4.69) is 11.1 Å². The molecule has 2 nitrogen and oxygen atoms in total. The Morgan fingerprint density at radius 1 is 1.50 bits per heavy atom. The second-order valence-corrected chi connectivity index (χ2v) is 3.56. The molecule has 0 aromatic carbocycles. The van der Waals surface area contributed by atoms with E-state index < -0.39 is 0 Å². The van der Waals surface area contributed by atoms with Gasteiger partial charge in [-0.2, -0.15) is 0 Å². The zero-order valence-electron chi connectivity index (χ0n) is 7.11. The Balaban J connectivity index is 1.97. The first-order chi connectivity index (χ1) is 5.90. The van der Waals surface area contributed by atoms with Gasteiger partial charge in [0, 0.05) is 12.4 Å². The maximum absolute atomic E-state index is 5.56. The molecule has 1 aliphatic rings. The smallest absolute Gasteiger partial charge is 0.0302 e. The first kappa shape index (κ1) is 7.74. The highest BCUT2D eigenvalue weighted by Gasteiger charge is 2.28. The van der Waals surface area contributed by atoms with Crippen molar-refractivity contribution < 1.29 is 0 Å². The summed E-state index contributed by atoms with van der Waals surface area (Å²) in [5.41, 5.74) is 6.94. The van der Waals surface area contributed by atoms with Crippen molar-refractivity contribution in [1.82, 2.24) is 4.98 Å². The highest BCUT2D eigenvalue weighted by atomic mass is 14.6. The van der Waals surface area contributed by atoms with E-state index in [0.717, 1.165) is 18.4 Å². The SMILES string of the molecule is NCC1CC(c2cccnc2)C1. The number of nitrogens with zero attached hydrogens (tertiary/aromatic N) is 1. The molecule has 1 aromatic rings. The Kier molecular flexibility index (Phi) is 2.09. The van der Waals surface area contributed by atoms with Crippen LogP contribution in [-0.4, -0.2) is 11.5 Å². The van der Waals surface area contributed by atoms with Crippen LogP contribution in [0.3, 0.4) is 0 Å². The summed E-state index contributed by atoms with van der Waals surface area (Å²) >= 11 is 0. The highest BCUT2D eigenvalue weighted by molar-refractivity contribution is 5.17. The predicted molar refractivity (Wildman–Crippen MR) is 48.8 cm³/mol. The Morgan fingerprint density at radius 2 is 2.33 bits per heavy atom. The molecule has 0 radical (unpaired) electrons. The van der Waals surface area contributed by atoms with Crippen molar-refractivity contribution in [2.24, 2.45) is 11.7 Å². The topological polar surface area (TPSA) is 38.9 Å². The second-order valence-electron chi connectivity index (χ2n) is 3.56. The molecule has 64 valence electrons. The average molecular weight is 162 g/mol. The number of hydrogen-bond acceptors (Lipinski definition) is 2. The first-order valence-electron chi connectivity index (χ1n) is 4.50. The standard InChI is InChI=1S/C10H14N2/c11-6-8-4-10(5-8)9-2-1-3-12-7-9/h1-3,7-8,10H,4-6,11H2. The minimum atomic E-state index is 0.729. The highest BCUT2D eigenvalue weighted by Crippen LogP contribution is 2.40. The summed E-state index contributed by atoms with van der Waals surface area (Å²) in [6, 6.07) is 4.16. The molecule has 1 saturated carbocycles. The van der Waals surface area contributed by atoms with Gasteiger partial charge in [0.2, 0.25) is 0 Å². The van der Waals surface area contributed by atoms with E-state index >= 15 is 0 Å². The number of rotatable bonds is 2. The van der Waals surface area contributed by atoms with E-state index in [1.807, 2.05) is 18.5 Å². The van der Waals surface area contributed by atoms with Crippen molar-refractivity contribution >= 4 is 0 Å². The molecule has 0 spiro atoms. The lowest BCUT2D eigenvalue weighted by molar-refractivity contribution is 0.271. The minimum absolute atomic E-state index is 0.729. The third-order valence-corrected chi connectivity index (χ3v) is 2.72. The Morgan fingerprint density at radius 3 is 2.92 bits per heavy atom. The molecular weight excluding hydrogens is 148 g/mol. The molecule has 2 heteroatoms. The van der Waals surface area contributed by atoms with E-state index in [0.29, 0.717) is 0 Å². The van der Waals surface area contributed by atoms with Crippen molar-refractivity contribution in [1.29, 1.82) is 0 Å². The van der Waals surface area contributed by atoms with Crippen LogP contribution in [0.5, 0.6) is 0 Å². The zero-order valence-corrected chi connectivity index (χ0v) is 7.11. The quantitative estimate of drug-likeness (QED) is 0.716. The van der Waals surface area contributed by atoms with Crippen molar-refractivity contribution in [2.75, 3.05) is 6.54 Å². The van der Waals surface area contributed by atoms with Crippen molar-refractivity contribution in [3.63, 3.8) is 0 Å². The molecule has 0 atom stereocenters. The maximum Gasteiger partial charge on any atom is 0.0302 e. The molecule has 12 heavy (non-hydrogen) atoms. The molecular formula is C10H14N2. The summed E-state index contributed by atoms with van der Waals surface area (Å²) in [6.07, 6.45) is 6.30. The number of hydrogen-bond donors (Lipinski definition) is 1. The van der Waals surface area contributed by atoms with Gasteiger partial charge in [-0.05, 0) is 42.9 Å². The first-order valence-corrected chi connectivity index (χ1v) is 4.50. The van der Waals surface area contributed by atoms with Gasteiger partial charge in [0.25, 0.3) is 0 Å². The van der Waals surface area contributed by atoms with Gasteiger partial charge in [-0.15, -0.1) is 0 Å². The third-order valence-electron chi connectivity index (χ3n) is 2.72. The van der Waals surface area contributed by atoms with Crippen molar-refractivity contribution in [3.05, 3.63) is 30.1 Å². The summed E-state index contributed by atoms with van der Waals surface area (Å²) in [7, 11) is 0. The molecule has 0 bridgehead atoms. The molecule has 1 aliphatic carbocycles. The van der Waals surface area contributed by atoms with Crippen LogP contribution in [0, 0.1) is 5.92 Å². The Labute approximate surface area is 72.8 Å². The van der Waals surface area contributed by atoms with Crippen LogP contribution in [0.2, 0.25) is 0 Å². The van der Waals surface area contributed by atoms with Gasteiger partial charge in [0.05, 0.1) is 0 Å². The largest absolute Gasteiger partial charge is 0.330 e. The van der Waals surface area contributed by atoms with Crippen LogP contribution >= 0.6 is 0 Å². The van der Waals surface area contributed by atoms with Crippen LogP contribution in [0.4, 0.5) is 0 Å².